The maximum atomic E-state index is 5.48. The van der Waals surface area contributed by atoms with Gasteiger partial charge in [0.05, 0.1) is 12.8 Å². The number of thioether (sulfide) groups is 1. The van der Waals surface area contributed by atoms with E-state index >= 15 is 0 Å². The fourth-order valence-corrected chi connectivity index (χ4v) is 3.90. The fraction of sp³-hybridized carbons (Fsp3) is 0.625. The molecule has 22 heavy (non-hydrogen) atoms. The molecule has 0 unspecified atom stereocenters. The van der Waals surface area contributed by atoms with Gasteiger partial charge in [-0.15, -0.1) is 10.2 Å². The van der Waals surface area contributed by atoms with Crippen LogP contribution < -0.4 is 0 Å². The van der Waals surface area contributed by atoms with Gasteiger partial charge in [-0.2, -0.15) is 0 Å². The number of likely N-dealkylation sites (tertiary alicyclic amines) is 1. The molecule has 5 nitrogen and oxygen atoms in total. The monoisotopic (exact) mass is 320 g/mol. The zero-order chi connectivity index (χ0) is 15.4. The van der Waals surface area contributed by atoms with Crippen molar-refractivity contribution in [1.82, 2.24) is 19.7 Å². The molecule has 0 N–H and O–H groups in total. The van der Waals surface area contributed by atoms with Crippen LogP contribution in [0.2, 0.25) is 0 Å². The number of piperidine rings is 1. The Morgan fingerprint density at radius 1 is 1.36 bits per heavy atom. The summed E-state index contributed by atoms with van der Waals surface area (Å²) in [6.45, 7) is 8.34. The van der Waals surface area contributed by atoms with Crippen molar-refractivity contribution in [3.05, 3.63) is 30.0 Å². The molecule has 0 aromatic carbocycles. The quantitative estimate of drug-likeness (QED) is 0.764. The molecule has 6 heteroatoms. The van der Waals surface area contributed by atoms with Crippen LogP contribution in [0.5, 0.6) is 0 Å². The number of hydrogen-bond donors (Lipinski definition) is 0. The average Bonchev–Trinajstić information content (AvgIpc) is 3.17. The summed E-state index contributed by atoms with van der Waals surface area (Å²) in [6, 6.07) is 4.01. The molecule has 0 saturated carbocycles. The van der Waals surface area contributed by atoms with Crippen molar-refractivity contribution < 1.29 is 4.42 Å². The minimum Gasteiger partial charge on any atom is -0.468 e. The normalized spacial score (nSPS) is 19.6. The van der Waals surface area contributed by atoms with Crippen LogP contribution in [0.15, 0.2) is 28.0 Å². The van der Waals surface area contributed by atoms with Crippen molar-refractivity contribution in [2.75, 3.05) is 18.8 Å². The Balaban J connectivity index is 1.71. The summed E-state index contributed by atoms with van der Waals surface area (Å²) in [6.07, 6.45) is 4.15. The third-order valence-electron chi connectivity index (χ3n) is 4.17. The molecular formula is C16H24N4OS. The van der Waals surface area contributed by atoms with Crippen LogP contribution in [-0.2, 0) is 13.1 Å². The van der Waals surface area contributed by atoms with Gasteiger partial charge >= 0.3 is 0 Å². The number of furan rings is 1. The van der Waals surface area contributed by atoms with Crippen molar-refractivity contribution in [2.24, 2.45) is 0 Å². The molecule has 2 aromatic rings. The first-order valence-electron chi connectivity index (χ1n) is 8.12. The van der Waals surface area contributed by atoms with E-state index in [1.807, 2.05) is 12.1 Å². The summed E-state index contributed by atoms with van der Waals surface area (Å²) in [4.78, 5) is 2.47. The van der Waals surface area contributed by atoms with E-state index in [1.165, 1.54) is 12.8 Å². The van der Waals surface area contributed by atoms with Crippen molar-refractivity contribution in [1.29, 1.82) is 0 Å². The summed E-state index contributed by atoms with van der Waals surface area (Å²) in [7, 11) is 0. The minimum absolute atomic E-state index is 0.474. The van der Waals surface area contributed by atoms with Gasteiger partial charge in [0.1, 0.15) is 11.6 Å². The minimum atomic E-state index is 0.474. The van der Waals surface area contributed by atoms with Crippen LogP contribution in [-0.4, -0.2) is 38.5 Å². The van der Waals surface area contributed by atoms with Gasteiger partial charge in [-0.3, -0.25) is 4.90 Å². The van der Waals surface area contributed by atoms with E-state index in [2.05, 4.69) is 33.5 Å². The van der Waals surface area contributed by atoms with E-state index in [4.69, 9.17) is 4.42 Å². The second-order valence-electron chi connectivity index (χ2n) is 5.67. The maximum Gasteiger partial charge on any atom is 0.191 e. The molecule has 1 fully saturated rings. The van der Waals surface area contributed by atoms with Crippen LogP contribution >= 0.6 is 11.8 Å². The molecule has 2 aromatic heterocycles. The molecule has 1 atom stereocenters. The van der Waals surface area contributed by atoms with Crippen molar-refractivity contribution in [3.8, 4) is 0 Å². The largest absolute Gasteiger partial charge is 0.468 e. The van der Waals surface area contributed by atoms with Gasteiger partial charge in [-0.25, -0.2) is 0 Å². The predicted octanol–water partition coefficient (Wildman–Crippen LogP) is 3.38. The molecule has 0 bridgehead atoms. The third kappa shape index (κ3) is 3.38. The second-order valence-corrected chi connectivity index (χ2v) is 6.90. The molecule has 0 spiro atoms. The summed E-state index contributed by atoms with van der Waals surface area (Å²) in [5.41, 5.74) is 0. The van der Waals surface area contributed by atoms with Gasteiger partial charge in [0.25, 0.3) is 0 Å². The molecule has 0 amide bonds. The Hall–Kier alpha value is -1.27. The fourth-order valence-electron chi connectivity index (χ4n) is 3.17. The third-order valence-corrected chi connectivity index (χ3v) is 5.01. The summed E-state index contributed by atoms with van der Waals surface area (Å²) in [5, 5.41) is 9.95. The Bertz CT molecular complexity index is 581. The number of rotatable bonds is 6. The Kier molecular flexibility index (Phi) is 5.20. The summed E-state index contributed by atoms with van der Waals surface area (Å²) in [5.74, 6) is 3.71. The molecule has 3 rings (SSSR count). The van der Waals surface area contributed by atoms with Crippen molar-refractivity contribution >= 4 is 11.8 Å². The van der Waals surface area contributed by atoms with E-state index in [0.717, 1.165) is 48.7 Å². The second kappa shape index (κ2) is 7.33. The van der Waals surface area contributed by atoms with Gasteiger partial charge < -0.3 is 8.98 Å². The first-order valence-corrected chi connectivity index (χ1v) is 9.11. The standard InChI is InChI=1S/C16H24N4OS/c1-3-20-15(17-18-16(20)22-4-2)13-7-5-9-19(11-13)12-14-8-6-10-21-14/h6,8,10,13H,3-5,7,9,11-12H2,1-2H3/t13-/m0/s1. The lowest BCUT2D eigenvalue weighted by atomic mass is 9.97. The lowest BCUT2D eigenvalue weighted by Crippen LogP contribution is -2.34. The first-order chi connectivity index (χ1) is 10.8. The highest BCUT2D eigenvalue weighted by molar-refractivity contribution is 7.99. The SMILES string of the molecule is CCSc1nnc([C@H]2CCCN(Cc3ccco3)C2)n1CC. The smallest absolute Gasteiger partial charge is 0.191 e. The van der Waals surface area contributed by atoms with Gasteiger partial charge in [0, 0.05) is 19.0 Å². The molecule has 1 saturated heterocycles. The molecule has 1 aliphatic rings. The highest BCUT2D eigenvalue weighted by Gasteiger charge is 2.26. The highest BCUT2D eigenvalue weighted by Crippen LogP contribution is 2.29. The van der Waals surface area contributed by atoms with E-state index in [0.29, 0.717) is 5.92 Å². The van der Waals surface area contributed by atoms with E-state index < -0.39 is 0 Å². The van der Waals surface area contributed by atoms with Gasteiger partial charge in [0.2, 0.25) is 0 Å². The Labute approximate surface area is 136 Å². The molecule has 0 aliphatic carbocycles. The summed E-state index contributed by atoms with van der Waals surface area (Å²) < 4.78 is 7.77. The molecule has 120 valence electrons. The van der Waals surface area contributed by atoms with Gasteiger partial charge in [0.15, 0.2) is 5.16 Å². The zero-order valence-electron chi connectivity index (χ0n) is 13.4. The number of hydrogen-bond acceptors (Lipinski definition) is 5. The summed E-state index contributed by atoms with van der Waals surface area (Å²) >= 11 is 1.78. The van der Waals surface area contributed by atoms with Crippen LogP contribution in [0.4, 0.5) is 0 Å². The predicted molar refractivity (Wildman–Crippen MR) is 88.1 cm³/mol. The lowest BCUT2D eigenvalue weighted by Gasteiger charge is -2.31. The highest BCUT2D eigenvalue weighted by atomic mass is 32.2. The van der Waals surface area contributed by atoms with Crippen LogP contribution in [0.1, 0.15) is 44.2 Å². The number of nitrogens with zero attached hydrogens (tertiary/aromatic N) is 4. The average molecular weight is 320 g/mol. The van der Waals surface area contributed by atoms with Gasteiger partial charge in [-0.1, -0.05) is 18.7 Å². The molecular weight excluding hydrogens is 296 g/mol. The van der Waals surface area contributed by atoms with Crippen molar-refractivity contribution in [3.63, 3.8) is 0 Å². The molecule has 0 radical (unpaired) electrons. The van der Waals surface area contributed by atoms with Gasteiger partial charge in [-0.05, 0) is 44.2 Å². The zero-order valence-corrected chi connectivity index (χ0v) is 14.2. The van der Waals surface area contributed by atoms with E-state index in [1.54, 1.807) is 18.0 Å². The van der Waals surface area contributed by atoms with Crippen LogP contribution in [0.25, 0.3) is 0 Å². The Morgan fingerprint density at radius 3 is 3.00 bits per heavy atom. The first kappa shape index (κ1) is 15.6. The van der Waals surface area contributed by atoms with Crippen molar-refractivity contribution in [2.45, 2.75) is 50.9 Å². The topological polar surface area (TPSA) is 47.1 Å². The van der Waals surface area contributed by atoms with E-state index in [9.17, 15) is 0 Å². The number of aromatic nitrogens is 3. The lowest BCUT2D eigenvalue weighted by molar-refractivity contribution is 0.181. The van der Waals surface area contributed by atoms with E-state index in [-0.39, 0.29) is 0 Å². The molecule has 3 heterocycles. The maximum absolute atomic E-state index is 5.48. The van der Waals surface area contributed by atoms with Crippen LogP contribution in [0, 0.1) is 0 Å². The molecule has 1 aliphatic heterocycles. The van der Waals surface area contributed by atoms with Crippen LogP contribution in [0.3, 0.4) is 0 Å². The Morgan fingerprint density at radius 2 is 2.27 bits per heavy atom.